The van der Waals surface area contributed by atoms with E-state index in [-0.39, 0.29) is 6.10 Å². The maximum Gasteiger partial charge on any atom is 0.250 e. The Morgan fingerprint density at radius 1 is 1.45 bits per heavy atom. The summed E-state index contributed by atoms with van der Waals surface area (Å²) in [4.78, 5) is 2.05. The van der Waals surface area contributed by atoms with Gasteiger partial charge in [-0.1, -0.05) is 0 Å². The molecule has 0 unspecified atom stereocenters. The van der Waals surface area contributed by atoms with Crippen molar-refractivity contribution >= 4 is 37.3 Å². The smallest absolute Gasteiger partial charge is 0.250 e. The molecule has 0 fully saturated rings. The average molecular weight is 385 g/mol. The molecule has 1 aromatic rings. The number of sulfonamides is 1. The Bertz CT molecular complexity index is 503. The van der Waals surface area contributed by atoms with Crippen molar-refractivity contribution in [2.45, 2.75) is 23.7 Å². The van der Waals surface area contributed by atoms with Crippen molar-refractivity contribution in [2.75, 3.05) is 33.8 Å². The Kier molecular flexibility index (Phi) is 7.63. The molecule has 0 saturated heterocycles. The molecule has 0 radical (unpaired) electrons. The second-order valence-electron chi connectivity index (χ2n) is 4.58. The molecule has 1 aromatic heterocycles. The van der Waals surface area contributed by atoms with Gasteiger partial charge in [0.2, 0.25) is 10.0 Å². The normalized spacial score (nSPS) is 13.8. The van der Waals surface area contributed by atoms with Crippen LogP contribution in [0.3, 0.4) is 0 Å². The van der Waals surface area contributed by atoms with Crippen LogP contribution in [-0.2, 0) is 14.8 Å². The maximum absolute atomic E-state index is 12.1. The lowest BCUT2D eigenvalue weighted by Crippen LogP contribution is -2.35. The van der Waals surface area contributed by atoms with Crippen LogP contribution in [0, 0.1) is 0 Å². The molecule has 0 amide bonds. The summed E-state index contributed by atoms with van der Waals surface area (Å²) in [5.74, 6) is 0. The largest absolute Gasteiger partial charge is 0.377 e. The molecule has 116 valence electrons. The topological polar surface area (TPSA) is 58.6 Å². The summed E-state index contributed by atoms with van der Waals surface area (Å²) in [5.41, 5.74) is 0. The van der Waals surface area contributed by atoms with Crippen LogP contribution in [0.25, 0.3) is 0 Å². The van der Waals surface area contributed by atoms with E-state index in [4.69, 9.17) is 4.74 Å². The zero-order chi connectivity index (χ0) is 15.2. The summed E-state index contributed by atoms with van der Waals surface area (Å²) in [6.45, 7) is 3.63. The number of hydrogen-bond acceptors (Lipinski definition) is 5. The number of nitrogens with one attached hydrogen (secondary N) is 1. The first kappa shape index (κ1) is 18.1. The average Bonchev–Trinajstić information content (AvgIpc) is 2.80. The fraction of sp³-hybridized carbons (Fsp3) is 0.667. The van der Waals surface area contributed by atoms with Crippen molar-refractivity contribution in [1.82, 2.24) is 9.62 Å². The highest BCUT2D eigenvalue weighted by Crippen LogP contribution is 2.25. The summed E-state index contributed by atoms with van der Waals surface area (Å²) in [5, 5.41) is 0. The van der Waals surface area contributed by atoms with E-state index in [1.807, 2.05) is 21.0 Å². The van der Waals surface area contributed by atoms with Crippen LogP contribution in [0.2, 0.25) is 0 Å². The molecule has 0 aliphatic carbocycles. The number of hydrogen-bond donors (Lipinski definition) is 1. The molecule has 1 heterocycles. The number of ether oxygens (including phenoxy) is 1. The molecule has 1 atom stereocenters. The van der Waals surface area contributed by atoms with Crippen molar-refractivity contribution in [3.63, 3.8) is 0 Å². The zero-order valence-corrected chi connectivity index (χ0v) is 15.1. The lowest BCUT2D eigenvalue weighted by molar-refractivity contribution is 0.0555. The number of rotatable bonds is 9. The highest BCUT2D eigenvalue weighted by molar-refractivity contribution is 9.11. The standard InChI is InChI=1S/C12H21BrN2O3S2/c1-4-18-10(7-8-15(2)3)9-14-20(16,17)12-6-5-11(13)19-12/h5-6,10,14H,4,7-9H2,1-3H3/t10-/m0/s1. The fourth-order valence-electron chi connectivity index (χ4n) is 1.60. The quantitative estimate of drug-likeness (QED) is 0.708. The van der Waals surface area contributed by atoms with Gasteiger partial charge in [-0.25, -0.2) is 13.1 Å². The van der Waals surface area contributed by atoms with Crippen LogP contribution in [0.5, 0.6) is 0 Å². The molecule has 0 aromatic carbocycles. The minimum absolute atomic E-state index is 0.111. The van der Waals surface area contributed by atoms with Crippen molar-refractivity contribution < 1.29 is 13.2 Å². The number of halogens is 1. The molecule has 8 heteroatoms. The molecule has 0 aliphatic heterocycles. The van der Waals surface area contributed by atoms with Gasteiger partial charge in [0, 0.05) is 19.7 Å². The van der Waals surface area contributed by atoms with Gasteiger partial charge in [-0.15, -0.1) is 11.3 Å². The molecule has 0 bridgehead atoms. The second-order valence-corrected chi connectivity index (χ2v) is 9.04. The number of nitrogens with zero attached hydrogens (tertiary/aromatic N) is 1. The van der Waals surface area contributed by atoms with E-state index in [0.717, 1.165) is 16.8 Å². The summed E-state index contributed by atoms with van der Waals surface area (Å²) < 4.78 is 33.5. The van der Waals surface area contributed by atoms with Gasteiger partial charge < -0.3 is 9.64 Å². The third-order valence-corrected chi connectivity index (χ3v) is 6.15. The van der Waals surface area contributed by atoms with Crippen molar-refractivity contribution in [3.05, 3.63) is 15.9 Å². The van der Waals surface area contributed by atoms with Gasteiger partial charge in [0.1, 0.15) is 4.21 Å². The van der Waals surface area contributed by atoms with Crippen LogP contribution >= 0.6 is 27.3 Å². The minimum atomic E-state index is -3.45. The van der Waals surface area contributed by atoms with Gasteiger partial charge in [0.15, 0.2) is 0 Å². The molecule has 5 nitrogen and oxygen atoms in total. The van der Waals surface area contributed by atoms with Crippen LogP contribution in [0.1, 0.15) is 13.3 Å². The molecule has 1 N–H and O–H groups in total. The minimum Gasteiger partial charge on any atom is -0.377 e. The van der Waals surface area contributed by atoms with E-state index in [1.54, 1.807) is 12.1 Å². The maximum atomic E-state index is 12.1. The molecule has 0 spiro atoms. The van der Waals surface area contributed by atoms with Crippen LogP contribution in [0.4, 0.5) is 0 Å². The molecule has 1 rings (SSSR count). The monoisotopic (exact) mass is 384 g/mol. The second kappa shape index (κ2) is 8.45. The first-order valence-corrected chi connectivity index (χ1v) is 9.45. The Hall–Kier alpha value is 0.01000. The predicted octanol–water partition coefficient (Wildman–Crippen LogP) is 2.15. The van der Waals surface area contributed by atoms with Crippen LogP contribution in [-0.4, -0.2) is 53.2 Å². The van der Waals surface area contributed by atoms with Crippen molar-refractivity contribution in [1.29, 1.82) is 0 Å². The lowest BCUT2D eigenvalue weighted by Gasteiger charge is -2.19. The van der Waals surface area contributed by atoms with E-state index in [9.17, 15) is 8.42 Å². The van der Waals surface area contributed by atoms with Crippen molar-refractivity contribution in [2.24, 2.45) is 0 Å². The van der Waals surface area contributed by atoms with Gasteiger partial charge >= 0.3 is 0 Å². The van der Waals surface area contributed by atoms with Gasteiger partial charge in [-0.2, -0.15) is 0 Å². The molecular weight excluding hydrogens is 364 g/mol. The van der Waals surface area contributed by atoms with E-state index in [0.29, 0.717) is 17.4 Å². The van der Waals surface area contributed by atoms with Gasteiger partial charge in [0.25, 0.3) is 0 Å². The fourth-order valence-corrected chi connectivity index (χ4v) is 4.72. The first-order chi connectivity index (χ1) is 9.35. The highest BCUT2D eigenvalue weighted by atomic mass is 79.9. The first-order valence-electron chi connectivity index (χ1n) is 6.36. The Morgan fingerprint density at radius 3 is 2.65 bits per heavy atom. The summed E-state index contributed by atoms with van der Waals surface area (Å²) in [7, 11) is 0.519. The zero-order valence-electron chi connectivity index (χ0n) is 11.9. The third-order valence-electron chi connectivity index (χ3n) is 2.62. The molecule has 0 saturated carbocycles. The van der Waals surface area contributed by atoms with E-state index in [2.05, 4.69) is 25.6 Å². The van der Waals surface area contributed by atoms with Gasteiger partial charge in [-0.05, 0) is 55.5 Å². The molecule has 0 aliphatic rings. The lowest BCUT2D eigenvalue weighted by atomic mass is 10.2. The Labute approximate surface area is 133 Å². The molecular formula is C12H21BrN2O3S2. The van der Waals surface area contributed by atoms with Crippen molar-refractivity contribution in [3.8, 4) is 0 Å². The SMILES string of the molecule is CCO[C@@H](CCN(C)C)CNS(=O)(=O)c1ccc(Br)s1. The summed E-state index contributed by atoms with van der Waals surface area (Å²) in [6.07, 6.45) is 0.679. The summed E-state index contributed by atoms with van der Waals surface area (Å²) >= 11 is 4.46. The van der Waals surface area contributed by atoms with Crippen LogP contribution < -0.4 is 4.72 Å². The van der Waals surface area contributed by atoms with E-state index < -0.39 is 10.0 Å². The highest BCUT2D eigenvalue weighted by Gasteiger charge is 2.19. The third kappa shape index (κ3) is 6.19. The number of thiophene rings is 1. The predicted molar refractivity (Wildman–Crippen MR) is 85.8 cm³/mol. The van der Waals surface area contributed by atoms with Gasteiger partial charge in [0.05, 0.1) is 9.89 Å². The Balaban J connectivity index is 2.57. The van der Waals surface area contributed by atoms with Gasteiger partial charge in [-0.3, -0.25) is 0 Å². The van der Waals surface area contributed by atoms with E-state index >= 15 is 0 Å². The summed E-state index contributed by atoms with van der Waals surface area (Å²) in [6, 6.07) is 3.32. The van der Waals surface area contributed by atoms with Crippen LogP contribution in [0.15, 0.2) is 20.1 Å². The Morgan fingerprint density at radius 2 is 2.15 bits per heavy atom. The van der Waals surface area contributed by atoms with E-state index in [1.165, 1.54) is 11.3 Å². The molecule has 20 heavy (non-hydrogen) atoms.